The van der Waals surface area contributed by atoms with Crippen LogP contribution in [-0.4, -0.2) is 19.5 Å². The number of sulfonamides is 1. The maximum atomic E-state index is 12.9. The number of hydrogen-bond donors (Lipinski definition) is 2. The standard InChI is InChI=1S/C19H14FNO5S/c20-14-4-6-15(7-5-14)21-27(24,25)18-10-8-16(9-11-18)26-17-3-1-2-13(12-17)19(22)23/h1-12,21H,(H,22,23). The highest BCUT2D eigenvalue weighted by atomic mass is 32.2. The SMILES string of the molecule is O=C(O)c1cccc(Oc2ccc(S(=O)(=O)Nc3ccc(F)cc3)cc2)c1. The lowest BCUT2D eigenvalue weighted by Crippen LogP contribution is -2.12. The Balaban J connectivity index is 1.75. The molecule has 27 heavy (non-hydrogen) atoms. The van der Waals surface area contributed by atoms with Crippen molar-refractivity contribution >= 4 is 21.7 Å². The lowest BCUT2D eigenvalue weighted by molar-refractivity contribution is 0.0696. The quantitative estimate of drug-likeness (QED) is 0.664. The molecule has 0 atom stereocenters. The molecule has 0 saturated heterocycles. The number of hydrogen-bond acceptors (Lipinski definition) is 4. The van der Waals surface area contributed by atoms with Crippen LogP contribution in [0.3, 0.4) is 0 Å². The molecular formula is C19H14FNO5S. The number of carboxylic acid groups (broad SMARTS) is 1. The molecule has 138 valence electrons. The molecule has 0 bridgehead atoms. The maximum absolute atomic E-state index is 12.9. The molecule has 0 aliphatic rings. The lowest BCUT2D eigenvalue weighted by Gasteiger charge is -2.10. The Hall–Kier alpha value is -3.39. The molecule has 0 aromatic heterocycles. The van der Waals surface area contributed by atoms with Crippen molar-refractivity contribution in [3.8, 4) is 11.5 Å². The van der Waals surface area contributed by atoms with E-state index in [9.17, 15) is 17.6 Å². The van der Waals surface area contributed by atoms with E-state index in [1.807, 2.05) is 0 Å². The van der Waals surface area contributed by atoms with Crippen LogP contribution in [0.2, 0.25) is 0 Å². The number of carbonyl (C=O) groups is 1. The highest BCUT2D eigenvalue weighted by Gasteiger charge is 2.14. The van der Waals surface area contributed by atoms with Gasteiger partial charge in [-0.3, -0.25) is 4.72 Å². The topological polar surface area (TPSA) is 92.7 Å². The highest BCUT2D eigenvalue weighted by molar-refractivity contribution is 7.92. The lowest BCUT2D eigenvalue weighted by atomic mass is 10.2. The van der Waals surface area contributed by atoms with Gasteiger partial charge in [-0.15, -0.1) is 0 Å². The van der Waals surface area contributed by atoms with Crippen LogP contribution in [0.25, 0.3) is 0 Å². The summed E-state index contributed by atoms with van der Waals surface area (Å²) in [5.74, 6) is -0.881. The summed E-state index contributed by atoms with van der Waals surface area (Å²) in [4.78, 5) is 11.0. The first kappa shape index (κ1) is 18.4. The largest absolute Gasteiger partial charge is 0.478 e. The van der Waals surface area contributed by atoms with Gasteiger partial charge in [-0.2, -0.15) is 0 Å². The fourth-order valence-electron chi connectivity index (χ4n) is 2.25. The Morgan fingerprint density at radius 3 is 2.22 bits per heavy atom. The van der Waals surface area contributed by atoms with Crippen molar-refractivity contribution in [2.24, 2.45) is 0 Å². The summed E-state index contributed by atoms with van der Waals surface area (Å²) in [6.07, 6.45) is 0. The van der Waals surface area contributed by atoms with Crippen LogP contribution in [0, 0.1) is 5.82 Å². The summed E-state index contributed by atoms with van der Waals surface area (Å²) in [5, 5.41) is 8.99. The first-order valence-corrected chi connectivity index (χ1v) is 9.21. The molecule has 0 aliphatic carbocycles. The van der Waals surface area contributed by atoms with E-state index in [1.165, 1.54) is 48.5 Å². The molecule has 0 aliphatic heterocycles. The van der Waals surface area contributed by atoms with Crippen molar-refractivity contribution in [1.82, 2.24) is 0 Å². The second kappa shape index (κ2) is 7.46. The van der Waals surface area contributed by atoms with Crippen molar-refractivity contribution < 1.29 is 27.4 Å². The van der Waals surface area contributed by atoms with E-state index in [1.54, 1.807) is 12.1 Å². The highest BCUT2D eigenvalue weighted by Crippen LogP contribution is 2.24. The number of nitrogens with one attached hydrogen (secondary N) is 1. The Morgan fingerprint density at radius 2 is 1.59 bits per heavy atom. The van der Waals surface area contributed by atoms with E-state index < -0.39 is 21.8 Å². The van der Waals surface area contributed by atoms with Crippen molar-refractivity contribution in [3.63, 3.8) is 0 Å². The first-order chi connectivity index (χ1) is 12.8. The molecule has 2 N–H and O–H groups in total. The third-order valence-electron chi connectivity index (χ3n) is 3.55. The van der Waals surface area contributed by atoms with Gasteiger partial charge in [0.2, 0.25) is 0 Å². The predicted octanol–water partition coefficient (Wildman–Crippen LogP) is 4.12. The molecule has 0 amide bonds. The molecule has 6 nitrogen and oxygen atoms in total. The smallest absolute Gasteiger partial charge is 0.335 e. The monoisotopic (exact) mass is 387 g/mol. The molecule has 3 rings (SSSR count). The van der Waals surface area contributed by atoms with Gasteiger partial charge in [-0.25, -0.2) is 17.6 Å². The molecule has 0 radical (unpaired) electrons. The van der Waals surface area contributed by atoms with Crippen LogP contribution in [0.5, 0.6) is 11.5 Å². The number of aromatic carboxylic acids is 1. The second-order valence-corrected chi connectivity index (χ2v) is 7.20. The van der Waals surface area contributed by atoms with E-state index in [4.69, 9.17) is 9.84 Å². The zero-order valence-corrected chi connectivity index (χ0v) is 14.6. The summed E-state index contributed by atoms with van der Waals surface area (Å²) in [6.45, 7) is 0. The number of ether oxygens (including phenoxy) is 1. The van der Waals surface area contributed by atoms with Crippen LogP contribution in [0.1, 0.15) is 10.4 Å². The van der Waals surface area contributed by atoms with Crippen LogP contribution >= 0.6 is 0 Å². The van der Waals surface area contributed by atoms with Crippen LogP contribution in [0.15, 0.2) is 77.7 Å². The number of anilines is 1. The van der Waals surface area contributed by atoms with Crippen LogP contribution < -0.4 is 9.46 Å². The van der Waals surface area contributed by atoms with Gasteiger partial charge in [0.15, 0.2) is 0 Å². The Kier molecular flexibility index (Phi) is 5.09. The molecule has 0 unspecified atom stereocenters. The Morgan fingerprint density at radius 1 is 0.926 bits per heavy atom. The van der Waals surface area contributed by atoms with E-state index in [-0.39, 0.29) is 16.1 Å². The summed E-state index contributed by atoms with van der Waals surface area (Å²) in [5.41, 5.74) is 0.317. The van der Waals surface area contributed by atoms with Gasteiger partial charge >= 0.3 is 5.97 Å². The average molecular weight is 387 g/mol. The molecular weight excluding hydrogens is 373 g/mol. The zero-order chi connectivity index (χ0) is 19.4. The number of halogens is 1. The molecule has 0 spiro atoms. The summed E-state index contributed by atoms with van der Waals surface area (Å²) < 4.78 is 45.5. The third-order valence-corrected chi connectivity index (χ3v) is 4.94. The van der Waals surface area contributed by atoms with Gasteiger partial charge in [0.25, 0.3) is 10.0 Å². The number of benzene rings is 3. The van der Waals surface area contributed by atoms with Gasteiger partial charge in [0.1, 0.15) is 17.3 Å². The third kappa shape index (κ3) is 4.62. The number of carboxylic acids is 1. The normalized spacial score (nSPS) is 11.0. The van der Waals surface area contributed by atoms with Crippen molar-refractivity contribution in [3.05, 3.63) is 84.2 Å². The van der Waals surface area contributed by atoms with Crippen LogP contribution in [0.4, 0.5) is 10.1 Å². The molecule has 8 heteroatoms. The van der Waals surface area contributed by atoms with Crippen molar-refractivity contribution in [2.75, 3.05) is 4.72 Å². The van der Waals surface area contributed by atoms with Crippen molar-refractivity contribution in [2.45, 2.75) is 4.90 Å². The fraction of sp³-hybridized carbons (Fsp3) is 0. The summed E-state index contributed by atoms with van der Waals surface area (Å²) in [6, 6.07) is 16.5. The van der Waals surface area contributed by atoms with E-state index in [0.717, 1.165) is 12.1 Å². The minimum absolute atomic E-state index is 0.00142. The fourth-order valence-corrected chi connectivity index (χ4v) is 3.31. The minimum atomic E-state index is -3.84. The maximum Gasteiger partial charge on any atom is 0.335 e. The predicted molar refractivity (Wildman–Crippen MR) is 97.1 cm³/mol. The molecule has 0 fully saturated rings. The van der Waals surface area contributed by atoms with Gasteiger partial charge < -0.3 is 9.84 Å². The van der Waals surface area contributed by atoms with E-state index in [2.05, 4.69) is 4.72 Å². The first-order valence-electron chi connectivity index (χ1n) is 7.73. The van der Waals surface area contributed by atoms with E-state index in [0.29, 0.717) is 11.5 Å². The summed E-state index contributed by atoms with van der Waals surface area (Å²) in [7, 11) is -3.84. The molecule has 3 aromatic rings. The minimum Gasteiger partial charge on any atom is -0.478 e. The molecule has 3 aromatic carbocycles. The average Bonchev–Trinajstić information content (AvgIpc) is 2.64. The summed E-state index contributed by atoms with van der Waals surface area (Å²) >= 11 is 0. The number of rotatable bonds is 6. The van der Waals surface area contributed by atoms with Gasteiger partial charge in [0.05, 0.1) is 10.5 Å². The van der Waals surface area contributed by atoms with Gasteiger partial charge in [-0.1, -0.05) is 6.07 Å². The van der Waals surface area contributed by atoms with Gasteiger partial charge in [-0.05, 0) is 66.7 Å². The Bertz CT molecular complexity index is 1060. The van der Waals surface area contributed by atoms with E-state index >= 15 is 0 Å². The zero-order valence-electron chi connectivity index (χ0n) is 13.8. The Labute approximate surface area is 154 Å². The van der Waals surface area contributed by atoms with Crippen molar-refractivity contribution in [1.29, 1.82) is 0 Å². The molecule has 0 heterocycles. The second-order valence-electron chi connectivity index (χ2n) is 5.52. The molecule has 0 saturated carbocycles. The van der Waals surface area contributed by atoms with Gasteiger partial charge in [0, 0.05) is 5.69 Å². The van der Waals surface area contributed by atoms with Crippen LogP contribution in [-0.2, 0) is 10.0 Å².